The van der Waals surface area contributed by atoms with E-state index in [1.165, 1.54) is 29.6 Å². The molecule has 106 valence electrons. The summed E-state index contributed by atoms with van der Waals surface area (Å²) in [5.41, 5.74) is 5.88. The molecule has 2 unspecified atom stereocenters. The Kier molecular flexibility index (Phi) is 4.06. The molecule has 0 aromatic heterocycles. The van der Waals surface area contributed by atoms with Crippen LogP contribution >= 0.6 is 11.6 Å². The second-order valence-electron chi connectivity index (χ2n) is 4.76. The summed E-state index contributed by atoms with van der Waals surface area (Å²) in [5, 5.41) is 0.433. The van der Waals surface area contributed by atoms with E-state index >= 15 is 0 Å². The second-order valence-corrected chi connectivity index (χ2v) is 7.10. The lowest BCUT2D eigenvalue weighted by atomic mass is 10.1. The van der Waals surface area contributed by atoms with Crippen molar-refractivity contribution in [3.05, 3.63) is 23.2 Å². The van der Waals surface area contributed by atoms with Gasteiger partial charge in [-0.25, -0.2) is 8.42 Å². The predicted octanol–water partition coefficient (Wildman–Crippen LogP) is 1.32. The van der Waals surface area contributed by atoms with E-state index in [1.54, 1.807) is 0 Å². The summed E-state index contributed by atoms with van der Waals surface area (Å²) in [7, 11) is -2.17. The van der Waals surface area contributed by atoms with Crippen LogP contribution in [0.15, 0.2) is 23.1 Å². The van der Waals surface area contributed by atoms with Gasteiger partial charge in [-0.2, -0.15) is 4.31 Å². The number of nitrogens with two attached hydrogens (primary N) is 1. The predicted molar refractivity (Wildman–Crippen MR) is 73.9 cm³/mol. The van der Waals surface area contributed by atoms with Gasteiger partial charge >= 0.3 is 0 Å². The highest BCUT2D eigenvalue weighted by atomic mass is 35.5. The first-order chi connectivity index (χ1) is 8.86. The van der Waals surface area contributed by atoms with E-state index in [2.05, 4.69) is 0 Å². The van der Waals surface area contributed by atoms with Crippen LogP contribution in [-0.2, 0) is 10.0 Å². The van der Waals surface area contributed by atoms with Gasteiger partial charge in [0.15, 0.2) is 0 Å². The minimum atomic E-state index is -3.59. The van der Waals surface area contributed by atoms with Crippen LogP contribution in [0.2, 0.25) is 5.02 Å². The molecule has 0 aliphatic carbocycles. The van der Waals surface area contributed by atoms with Crippen molar-refractivity contribution in [3.63, 3.8) is 0 Å². The van der Waals surface area contributed by atoms with Crippen LogP contribution in [0.5, 0.6) is 5.75 Å². The zero-order valence-electron chi connectivity index (χ0n) is 10.8. The highest BCUT2D eigenvalue weighted by Gasteiger charge is 2.36. The summed E-state index contributed by atoms with van der Waals surface area (Å²) in [5.74, 6) is 0.397. The Balaban J connectivity index is 2.40. The average molecular weight is 305 g/mol. The highest BCUT2D eigenvalue weighted by Crippen LogP contribution is 2.31. The van der Waals surface area contributed by atoms with Crippen LogP contribution in [0.3, 0.4) is 0 Å². The van der Waals surface area contributed by atoms with E-state index in [9.17, 15) is 8.42 Å². The first-order valence-corrected chi connectivity index (χ1v) is 7.77. The second kappa shape index (κ2) is 5.28. The molecule has 1 aliphatic rings. The molecule has 0 amide bonds. The Morgan fingerprint density at radius 1 is 1.42 bits per heavy atom. The zero-order chi connectivity index (χ0) is 14.2. The van der Waals surface area contributed by atoms with E-state index in [0.717, 1.165) is 0 Å². The minimum Gasteiger partial charge on any atom is -0.495 e. The van der Waals surface area contributed by atoms with Crippen molar-refractivity contribution < 1.29 is 13.2 Å². The molecule has 0 radical (unpaired) electrons. The quantitative estimate of drug-likeness (QED) is 0.914. The molecule has 2 N–H and O–H groups in total. The maximum atomic E-state index is 12.6. The molecule has 1 heterocycles. The monoisotopic (exact) mass is 304 g/mol. The fourth-order valence-corrected chi connectivity index (χ4v) is 4.01. The van der Waals surface area contributed by atoms with Crippen LogP contribution in [0.4, 0.5) is 0 Å². The smallest absolute Gasteiger partial charge is 0.246 e. The normalized spacial score (nSPS) is 24.6. The van der Waals surface area contributed by atoms with Crippen LogP contribution < -0.4 is 10.5 Å². The number of ether oxygens (including phenoxy) is 1. The van der Waals surface area contributed by atoms with Gasteiger partial charge < -0.3 is 10.5 Å². The van der Waals surface area contributed by atoms with E-state index < -0.39 is 10.0 Å². The summed E-state index contributed by atoms with van der Waals surface area (Å²) < 4.78 is 31.6. The molecule has 1 aromatic carbocycles. The van der Waals surface area contributed by atoms with Gasteiger partial charge in [0.1, 0.15) is 10.6 Å². The first kappa shape index (κ1) is 14.6. The standard InChI is InChI=1S/C12H17ClN2O3S/c1-8-6-15(7-10(8)14)19(16,17)12-4-3-9(13)5-11(12)18-2/h3-5,8,10H,6-7,14H2,1-2H3. The molecule has 2 atom stereocenters. The maximum Gasteiger partial charge on any atom is 0.246 e. The number of nitrogens with zero attached hydrogens (tertiary/aromatic N) is 1. The molecule has 2 rings (SSSR count). The summed E-state index contributed by atoms with van der Waals surface area (Å²) in [6.45, 7) is 2.70. The van der Waals surface area contributed by atoms with Gasteiger partial charge in [-0.05, 0) is 18.1 Å². The molecular formula is C12H17ClN2O3S. The van der Waals surface area contributed by atoms with Crippen molar-refractivity contribution >= 4 is 21.6 Å². The molecule has 0 saturated carbocycles. The van der Waals surface area contributed by atoms with Gasteiger partial charge in [0.05, 0.1) is 7.11 Å². The highest BCUT2D eigenvalue weighted by molar-refractivity contribution is 7.89. The Morgan fingerprint density at radius 3 is 2.63 bits per heavy atom. The SMILES string of the molecule is COc1cc(Cl)ccc1S(=O)(=O)N1CC(C)C(N)C1. The van der Waals surface area contributed by atoms with Crippen LogP contribution in [0, 0.1) is 5.92 Å². The number of rotatable bonds is 3. The molecule has 1 saturated heterocycles. The van der Waals surface area contributed by atoms with E-state index in [-0.39, 0.29) is 22.6 Å². The van der Waals surface area contributed by atoms with Gasteiger partial charge in [-0.3, -0.25) is 0 Å². The molecular weight excluding hydrogens is 288 g/mol. The topological polar surface area (TPSA) is 72.6 Å². The van der Waals surface area contributed by atoms with Crippen molar-refractivity contribution in [2.45, 2.75) is 17.9 Å². The fraction of sp³-hybridized carbons (Fsp3) is 0.500. The number of methoxy groups -OCH3 is 1. The van der Waals surface area contributed by atoms with Crippen LogP contribution in [-0.4, -0.2) is 39.0 Å². The minimum absolute atomic E-state index is 0.126. The average Bonchev–Trinajstić information content (AvgIpc) is 2.70. The van der Waals surface area contributed by atoms with Gasteiger partial charge in [0.2, 0.25) is 10.0 Å². The number of benzene rings is 1. The van der Waals surface area contributed by atoms with E-state index in [0.29, 0.717) is 18.1 Å². The van der Waals surface area contributed by atoms with Gasteiger partial charge in [0, 0.05) is 30.2 Å². The van der Waals surface area contributed by atoms with Crippen LogP contribution in [0.1, 0.15) is 6.92 Å². The third-order valence-electron chi connectivity index (χ3n) is 3.38. The Hall–Kier alpha value is -0.820. The van der Waals surface area contributed by atoms with Gasteiger partial charge in [-0.1, -0.05) is 18.5 Å². The van der Waals surface area contributed by atoms with Crippen LogP contribution in [0.25, 0.3) is 0 Å². The lowest BCUT2D eigenvalue weighted by Gasteiger charge is -2.18. The molecule has 7 heteroatoms. The molecule has 1 aromatic rings. The number of halogens is 1. The number of hydrogen-bond donors (Lipinski definition) is 1. The summed E-state index contributed by atoms with van der Waals surface area (Å²) in [6.07, 6.45) is 0. The first-order valence-electron chi connectivity index (χ1n) is 5.95. The van der Waals surface area contributed by atoms with Crippen molar-refractivity contribution in [1.82, 2.24) is 4.31 Å². The van der Waals surface area contributed by atoms with Crippen molar-refractivity contribution in [1.29, 1.82) is 0 Å². The Bertz CT molecular complexity index is 566. The van der Waals surface area contributed by atoms with E-state index in [1.807, 2.05) is 6.92 Å². The summed E-state index contributed by atoms with van der Waals surface area (Å²) >= 11 is 5.84. The number of sulfonamides is 1. The summed E-state index contributed by atoms with van der Waals surface area (Å²) in [4.78, 5) is 0.126. The zero-order valence-corrected chi connectivity index (χ0v) is 12.4. The molecule has 1 aliphatic heterocycles. The molecule has 0 bridgehead atoms. The van der Waals surface area contributed by atoms with Gasteiger partial charge in [0.25, 0.3) is 0 Å². The third kappa shape index (κ3) is 2.72. The maximum absolute atomic E-state index is 12.6. The molecule has 0 spiro atoms. The Morgan fingerprint density at radius 2 is 2.11 bits per heavy atom. The lowest BCUT2D eigenvalue weighted by molar-refractivity contribution is 0.397. The van der Waals surface area contributed by atoms with Crippen molar-refractivity contribution in [2.75, 3.05) is 20.2 Å². The largest absolute Gasteiger partial charge is 0.495 e. The summed E-state index contributed by atoms with van der Waals surface area (Å²) in [6, 6.07) is 4.36. The molecule has 1 fully saturated rings. The fourth-order valence-electron chi connectivity index (χ4n) is 2.14. The molecule has 5 nitrogen and oxygen atoms in total. The number of hydrogen-bond acceptors (Lipinski definition) is 4. The molecule has 19 heavy (non-hydrogen) atoms. The lowest BCUT2D eigenvalue weighted by Crippen LogP contribution is -2.32. The van der Waals surface area contributed by atoms with Crippen molar-refractivity contribution in [3.8, 4) is 5.75 Å². The van der Waals surface area contributed by atoms with E-state index in [4.69, 9.17) is 22.1 Å². The Labute approximate surface area is 118 Å². The third-order valence-corrected chi connectivity index (χ3v) is 5.49. The van der Waals surface area contributed by atoms with Gasteiger partial charge in [-0.15, -0.1) is 0 Å². The van der Waals surface area contributed by atoms with Crippen molar-refractivity contribution in [2.24, 2.45) is 11.7 Å².